The minimum Gasteiger partial charge on any atom is -0.497 e. The molecule has 1 unspecified atom stereocenters. The minimum absolute atomic E-state index is 0.344. The van der Waals surface area contributed by atoms with E-state index in [0.717, 1.165) is 25.9 Å². The van der Waals surface area contributed by atoms with Crippen LogP contribution >= 0.6 is 11.6 Å². The van der Waals surface area contributed by atoms with Crippen molar-refractivity contribution >= 4 is 34.7 Å². The Bertz CT molecular complexity index is 1050. The highest BCUT2D eigenvalue weighted by Crippen LogP contribution is 2.40. The Morgan fingerprint density at radius 1 is 1.00 bits per heavy atom. The second kappa shape index (κ2) is 8.63. The van der Waals surface area contributed by atoms with Crippen LogP contribution in [0.25, 0.3) is 5.57 Å². The van der Waals surface area contributed by atoms with Crippen LogP contribution in [0.1, 0.15) is 25.3 Å². The van der Waals surface area contributed by atoms with Crippen LogP contribution in [-0.4, -0.2) is 44.0 Å². The minimum atomic E-state index is -0.385. The third-order valence-corrected chi connectivity index (χ3v) is 6.03. The number of methoxy groups -OCH3 is 2. The third-order valence-electron chi connectivity index (χ3n) is 5.79. The molecule has 2 aromatic carbocycles. The molecule has 2 aliphatic heterocycles. The van der Waals surface area contributed by atoms with Crippen LogP contribution in [0.15, 0.2) is 48.2 Å². The highest BCUT2D eigenvalue weighted by molar-refractivity contribution is 6.46. The van der Waals surface area contributed by atoms with Gasteiger partial charge in [0.15, 0.2) is 0 Å². The van der Waals surface area contributed by atoms with Gasteiger partial charge in [-0.05, 0) is 54.7 Å². The number of hydrogen-bond acceptors (Lipinski definition) is 5. The van der Waals surface area contributed by atoms with Gasteiger partial charge < -0.3 is 14.4 Å². The Kier molecular flexibility index (Phi) is 5.92. The van der Waals surface area contributed by atoms with Gasteiger partial charge in [-0.3, -0.25) is 9.59 Å². The van der Waals surface area contributed by atoms with E-state index in [1.54, 1.807) is 37.4 Å². The first kappa shape index (κ1) is 21.2. The zero-order valence-corrected chi connectivity index (χ0v) is 18.6. The number of amides is 2. The molecule has 2 heterocycles. The predicted octanol–water partition coefficient (Wildman–Crippen LogP) is 4.37. The fraction of sp³-hybridized carbons (Fsp3) is 0.333. The van der Waals surface area contributed by atoms with Gasteiger partial charge >= 0.3 is 0 Å². The zero-order valence-electron chi connectivity index (χ0n) is 17.9. The van der Waals surface area contributed by atoms with Gasteiger partial charge in [-0.15, -0.1) is 0 Å². The lowest BCUT2D eigenvalue weighted by molar-refractivity contribution is -0.120. The average molecular weight is 441 g/mol. The van der Waals surface area contributed by atoms with Gasteiger partial charge in [-0.25, -0.2) is 4.90 Å². The van der Waals surface area contributed by atoms with E-state index in [4.69, 9.17) is 21.1 Å². The number of carbonyl (C=O) groups excluding carboxylic acids is 2. The first-order chi connectivity index (χ1) is 14.9. The number of ether oxygens (including phenoxy) is 2. The molecule has 2 amide bonds. The molecule has 0 saturated carbocycles. The van der Waals surface area contributed by atoms with Gasteiger partial charge in [0.05, 0.1) is 25.5 Å². The van der Waals surface area contributed by atoms with Crippen LogP contribution in [0, 0.1) is 5.92 Å². The molecular weight excluding hydrogens is 416 g/mol. The SMILES string of the molecule is COc1ccc(C2=C(N3CCCC(C)C3)C(=O)N(c3cc(Cl)ccc3OC)C2=O)cc1. The number of anilines is 1. The Morgan fingerprint density at radius 2 is 1.74 bits per heavy atom. The number of benzene rings is 2. The number of halogens is 1. The van der Waals surface area contributed by atoms with Gasteiger partial charge in [0.1, 0.15) is 17.2 Å². The highest BCUT2D eigenvalue weighted by Gasteiger charge is 2.44. The lowest BCUT2D eigenvalue weighted by atomic mass is 9.98. The summed E-state index contributed by atoms with van der Waals surface area (Å²) in [5.41, 5.74) is 1.85. The summed E-state index contributed by atoms with van der Waals surface area (Å²) in [4.78, 5) is 30.6. The first-order valence-corrected chi connectivity index (χ1v) is 10.7. The summed E-state index contributed by atoms with van der Waals surface area (Å²) in [6.45, 7) is 3.63. The van der Waals surface area contributed by atoms with Crippen molar-refractivity contribution in [3.05, 3.63) is 58.7 Å². The predicted molar refractivity (Wildman–Crippen MR) is 120 cm³/mol. The van der Waals surface area contributed by atoms with E-state index < -0.39 is 0 Å². The van der Waals surface area contributed by atoms with Crippen molar-refractivity contribution in [3.8, 4) is 11.5 Å². The van der Waals surface area contributed by atoms with Crippen LogP contribution in [0.5, 0.6) is 11.5 Å². The molecule has 0 bridgehead atoms. The average Bonchev–Trinajstić information content (AvgIpc) is 3.03. The van der Waals surface area contributed by atoms with Gasteiger partial charge in [0, 0.05) is 18.1 Å². The normalized spacial score (nSPS) is 19.3. The summed E-state index contributed by atoms with van der Waals surface area (Å²) in [5.74, 6) is 0.793. The number of hydrogen-bond donors (Lipinski definition) is 0. The Balaban J connectivity index is 1.85. The summed E-state index contributed by atoms with van der Waals surface area (Å²) in [7, 11) is 3.09. The fourth-order valence-electron chi connectivity index (χ4n) is 4.28. The molecule has 162 valence electrons. The van der Waals surface area contributed by atoms with Crippen molar-refractivity contribution in [2.45, 2.75) is 19.8 Å². The number of imide groups is 1. The van der Waals surface area contributed by atoms with Crippen LogP contribution in [-0.2, 0) is 9.59 Å². The van der Waals surface area contributed by atoms with E-state index in [-0.39, 0.29) is 11.8 Å². The molecule has 7 heteroatoms. The summed E-state index contributed by atoms with van der Waals surface area (Å²) in [6, 6.07) is 12.1. The van der Waals surface area contributed by atoms with Crippen molar-refractivity contribution < 1.29 is 19.1 Å². The zero-order chi connectivity index (χ0) is 22.1. The smallest absolute Gasteiger partial charge is 0.282 e. The van der Waals surface area contributed by atoms with E-state index in [1.807, 2.05) is 17.0 Å². The quantitative estimate of drug-likeness (QED) is 0.646. The summed E-state index contributed by atoms with van der Waals surface area (Å²) < 4.78 is 10.7. The number of carbonyl (C=O) groups is 2. The topological polar surface area (TPSA) is 59.1 Å². The molecule has 0 aliphatic carbocycles. The summed E-state index contributed by atoms with van der Waals surface area (Å²) in [5, 5.41) is 0.419. The van der Waals surface area contributed by atoms with E-state index in [0.29, 0.717) is 45.0 Å². The molecule has 2 aromatic rings. The van der Waals surface area contributed by atoms with E-state index >= 15 is 0 Å². The second-order valence-electron chi connectivity index (χ2n) is 7.91. The maximum Gasteiger partial charge on any atom is 0.282 e. The molecule has 1 saturated heterocycles. The lowest BCUT2D eigenvalue weighted by Crippen LogP contribution is -2.39. The lowest BCUT2D eigenvalue weighted by Gasteiger charge is -2.33. The Morgan fingerprint density at radius 3 is 2.39 bits per heavy atom. The summed E-state index contributed by atoms with van der Waals surface area (Å²) in [6.07, 6.45) is 2.08. The van der Waals surface area contributed by atoms with Crippen LogP contribution < -0.4 is 14.4 Å². The highest BCUT2D eigenvalue weighted by atomic mass is 35.5. The molecule has 1 atom stereocenters. The number of piperidine rings is 1. The van der Waals surface area contributed by atoms with Crippen LogP contribution in [0.3, 0.4) is 0 Å². The molecule has 2 aliphatic rings. The van der Waals surface area contributed by atoms with Crippen LogP contribution in [0.2, 0.25) is 5.02 Å². The van der Waals surface area contributed by atoms with Gasteiger partial charge in [-0.1, -0.05) is 30.7 Å². The maximum atomic E-state index is 13.7. The molecule has 6 nitrogen and oxygen atoms in total. The van der Waals surface area contributed by atoms with Gasteiger partial charge in [0.2, 0.25) is 0 Å². The first-order valence-electron chi connectivity index (χ1n) is 10.3. The molecule has 0 spiro atoms. The largest absolute Gasteiger partial charge is 0.497 e. The van der Waals surface area contributed by atoms with Crippen molar-refractivity contribution in [2.75, 3.05) is 32.2 Å². The molecular formula is C24H25ClN2O4. The van der Waals surface area contributed by atoms with Crippen molar-refractivity contribution in [1.82, 2.24) is 4.90 Å². The van der Waals surface area contributed by atoms with Gasteiger partial charge in [-0.2, -0.15) is 0 Å². The van der Waals surface area contributed by atoms with E-state index in [9.17, 15) is 9.59 Å². The Labute approximate surface area is 187 Å². The van der Waals surface area contributed by atoms with E-state index in [2.05, 4.69) is 6.92 Å². The third kappa shape index (κ3) is 3.88. The van der Waals surface area contributed by atoms with Crippen molar-refractivity contribution in [2.24, 2.45) is 5.92 Å². The Hall–Kier alpha value is -2.99. The van der Waals surface area contributed by atoms with Crippen molar-refractivity contribution in [1.29, 1.82) is 0 Å². The number of nitrogens with zero attached hydrogens (tertiary/aromatic N) is 2. The molecule has 4 rings (SSSR count). The fourth-order valence-corrected chi connectivity index (χ4v) is 4.44. The number of rotatable bonds is 5. The molecule has 0 aromatic heterocycles. The monoisotopic (exact) mass is 440 g/mol. The van der Waals surface area contributed by atoms with E-state index in [1.165, 1.54) is 12.0 Å². The van der Waals surface area contributed by atoms with Gasteiger partial charge in [0.25, 0.3) is 11.8 Å². The second-order valence-corrected chi connectivity index (χ2v) is 8.34. The van der Waals surface area contributed by atoms with Crippen LogP contribution in [0.4, 0.5) is 5.69 Å². The summed E-state index contributed by atoms with van der Waals surface area (Å²) >= 11 is 6.20. The molecule has 0 radical (unpaired) electrons. The van der Waals surface area contributed by atoms with Crippen molar-refractivity contribution in [3.63, 3.8) is 0 Å². The molecule has 0 N–H and O–H groups in total. The standard InChI is InChI=1S/C24H25ClN2O4/c1-15-5-4-12-26(14-15)22-21(16-6-9-18(30-2)10-7-16)23(28)27(24(22)29)19-13-17(25)8-11-20(19)31-3/h6-11,13,15H,4-5,12,14H2,1-3H3. The molecule has 31 heavy (non-hydrogen) atoms. The maximum absolute atomic E-state index is 13.7. The molecule has 1 fully saturated rings. The number of likely N-dealkylation sites (tertiary alicyclic amines) is 1.